The maximum absolute atomic E-state index is 12.9. The summed E-state index contributed by atoms with van der Waals surface area (Å²) in [6.45, 7) is 0. The number of nitrogens with zero attached hydrogens (tertiary/aromatic N) is 2. The second-order valence-electron chi connectivity index (χ2n) is 4.15. The van der Waals surface area contributed by atoms with Gasteiger partial charge in [-0.1, -0.05) is 12.1 Å². The molecule has 0 radical (unpaired) electrons. The lowest BCUT2D eigenvalue weighted by Gasteiger charge is -2.16. The topological polar surface area (TPSA) is 47.0 Å². The smallest absolute Gasteiger partial charge is 0.216 e. The van der Waals surface area contributed by atoms with Crippen molar-refractivity contribution >= 4 is 0 Å². The zero-order valence-corrected chi connectivity index (χ0v) is 10.9. The summed E-state index contributed by atoms with van der Waals surface area (Å²) in [4.78, 5) is 8.18. The molecule has 0 saturated heterocycles. The average Bonchev–Trinajstić information content (AvgIpc) is 2.46. The van der Waals surface area contributed by atoms with Gasteiger partial charge in [-0.25, -0.2) is 14.4 Å². The van der Waals surface area contributed by atoms with Crippen molar-refractivity contribution in [2.24, 2.45) is 0 Å². The first-order valence-corrected chi connectivity index (χ1v) is 6.00. The molecule has 1 aromatic heterocycles. The monoisotopic (exact) mass is 261 g/mol. The van der Waals surface area contributed by atoms with Gasteiger partial charge in [0.1, 0.15) is 12.1 Å². The van der Waals surface area contributed by atoms with E-state index in [4.69, 9.17) is 4.74 Å². The first kappa shape index (κ1) is 13.4. The number of benzene rings is 1. The lowest BCUT2D eigenvalue weighted by molar-refractivity contribution is 0.395. The molecule has 100 valence electrons. The average molecular weight is 261 g/mol. The van der Waals surface area contributed by atoms with E-state index in [1.807, 2.05) is 7.05 Å². The first-order valence-electron chi connectivity index (χ1n) is 6.00. The van der Waals surface area contributed by atoms with E-state index in [1.54, 1.807) is 25.3 Å². The minimum absolute atomic E-state index is 0.0696. The number of aromatic nitrogens is 2. The molecule has 1 aromatic carbocycles. The Morgan fingerprint density at radius 1 is 1.26 bits per heavy atom. The lowest BCUT2D eigenvalue weighted by Crippen LogP contribution is -2.19. The van der Waals surface area contributed by atoms with Gasteiger partial charge in [0.25, 0.3) is 0 Å². The lowest BCUT2D eigenvalue weighted by atomic mass is 10.0. The number of methoxy groups -OCH3 is 1. The van der Waals surface area contributed by atoms with Gasteiger partial charge in [-0.2, -0.15) is 0 Å². The maximum Gasteiger partial charge on any atom is 0.216 e. The fourth-order valence-corrected chi connectivity index (χ4v) is 1.89. The van der Waals surface area contributed by atoms with E-state index in [-0.39, 0.29) is 11.9 Å². The van der Waals surface area contributed by atoms with Crippen molar-refractivity contribution < 1.29 is 9.13 Å². The van der Waals surface area contributed by atoms with Crippen LogP contribution in [0.25, 0.3) is 0 Å². The second kappa shape index (κ2) is 6.24. The minimum atomic E-state index is -0.234. The molecule has 2 rings (SSSR count). The highest BCUT2D eigenvalue weighted by atomic mass is 19.1. The molecule has 5 heteroatoms. The standard InChI is InChI=1S/C14H16FN3O/c1-16-13(10-3-5-11(15)6-4-10)7-12-8-14(19-2)18-9-17-12/h3-6,8-9,13,16H,7H2,1-2H3. The fourth-order valence-electron chi connectivity index (χ4n) is 1.89. The van der Waals surface area contributed by atoms with Crippen molar-refractivity contribution in [2.45, 2.75) is 12.5 Å². The van der Waals surface area contributed by atoms with Crippen molar-refractivity contribution in [2.75, 3.05) is 14.2 Å². The van der Waals surface area contributed by atoms with Crippen LogP contribution in [-0.4, -0.2) is 24.1 Å². The maximum atomic E-state index is 12.9. The van der Waals surface area contributed by atoms with E-state index in [0.29, 0.717) is 12.3 Å². The molecular formula is C14H16FN3O. The highest BCUT2D eigenvalue weighted by molar-refractivity contribution is 5.23. The van der Waals surface area contributed by atoms with Crippen LogP contribution in [-0.2, 0) is 6.42 Å². The van der Waals surface area contributed by atoms with Gasteiger partial charge in [0.2, 0.25) is 5.88 Å². The van der Waals surface area contributed by atoms with E-state index in [0.717, 1.165) is 11.3 Å². The van der Waals surface area contributed by atoms with E-state index < -0.39 is 0 Å². The largest absolute Gasteiger partial charge is 0.481 e. The van der Waals surface area contributed by atoms with Gasteiger partial charge in [-0.15, -0.1) is 0 Å². The third-order valence-corrected chi connectivity index (χ3v) is 2.94. The van der Waals surface area contributed by atoms with Gasteiger partial charge in [-0.3, -0.25) is 0 Å². The van der Waals surface area contributed by atoms with Crippen molar-refractivity contribution in [3.63, 3.8) is 0 Å². The number of ether oxygens (including phenoxy) is 1. The molecule has 0 spiro atoms. The Hall–Kier alpha value is -2.01. The van der Waals surface area contributed by atoms with Gasteiger partial charge < -0.3 is 10.1 Å². The van der Waals surface area contributed by atoms with Crippen LogP contribution in [0.3, 0.4) is 0 Å². The van der Waals surface area contributed by atoms with Crippen molar-refractivity contribution in [3.05, 3.63) is 53.7 Å². The number of hydrogen-bond donors (Lipinski definition) is 1. The Balaban J connectivity index is 2.16. The second-order valence-corrected chi connectivity index (χ2v) is 4.15. The summed E-state index contributed by atoms with van der Waals surface area (Å²) < 4.78 is 18.0. The number of likely N-dealkylation sites (N-methyl/N-ethyl adjacent to an activating group) is 1. The van der Waals surface area contributed by atoms with Crippen LogP contribution in [0.15, 0.2) is 36.7 Å². The molecule has 0 bridgehead atoms. The molecule has 1 heterocycles. The molecule has 0 aliphatic rings. The molecule has 0 aliphatic carbocycles. The number of rotatable bonds is 5. The Kier molecular flexibility index (Phi) is 4.41. The predicted molar refractivity (Wildman–Crippen MR) is 70.5 cm³/mol. The number of halogens is 1. The van der Waals surface area contributed by atoms with E-state index in [1.165, 1.54) is 18.5 Å². The summed E-state index contributed by atoms with van der Waals surface area (Å²) in [5.41, 5.74) is 1.89. The molecule has 2 aromatic rings. The zero-order chi connectivity index (χ0) is 13.7. The third-order valence-electron chi connectivity index (χ3n) is 2.94. The van der Waals surface area contributed by atoms with Crippen molar-refractivity contribution in [3.8, 4) is 5.88 Å². The number of nitrogens with one attached hydrogen (secondary N) is 1. The summed E-state index contributed by atoms with van der Waals surface area (Å²) in [6.07, 6.45) is 2.16. The Labute approximate surface area is 111 Å². The minimum Gasteiger partial charge on any atom is -0.481 e. The Morgan fingerprint density at radius 2 is 2.00 bits per heavy atom. The highest BCUT2D eigenvalue weighted by Crippen LogP contribution is 2.18. The first-order chi connectivity index (χ1) is 9.22. The normalized spacial score (nSPS) is 12.2. The summed E-state index contributed by atoms with van der Waals surface area (Å²) in [7, 11) is 3.44. The van der Waals surface area contributed by atoms with E-state index >= 15 is 0 Å². The van der Waals surface area contributed by atoms with Crippen LogP contribution in [0.5, 0.6) is 5.88 Å². The molecule has 1 N–H and O–H groups in total. The van der Waals surface area contributed by atoms with Crippen LogP contribution in [0, 0.1) is 5.82 Å². The van der Waals surface area contributed by atoms with Crippen LogP contribution >= 0.6 is 0 Å². The van der Waals surface area contributed by atoms with Gasteiger partial charge in [0, 0.05) is 24.2 Å². The number of hydrogen-bond acceptors (Lipinski definition) is 4. The summed E-state index contributed by atoms with van der Waals surface area (Å²) in [5, 5.41) is 3.20. The third kappa shape index (κ3) is 3.48. The van der Waals surface area contributed by atoms with Crippen LogP contribution in [0.2, 0.25) is 0 Å². The summed E-state index contributed by atoms with van der Waals surface area (Å²) in [6, 6.07) is 8.33. The van der Waals surface area contributed by atoms with Gasteiger partial charge in [0.15, 0.2) is 0 Å². The van der Waals surface area contributed by atoms with Gasteiger partial charge >= 0.3 is 0 Å². The van der Waals surface area contributed by atoms with Crippen molar-refractivity contribution in [1.82, 2.24) is 15.3 Å². The Bertz CT molecular complexity index is 530. The molecule has 1 unspecified atom stereocenters. The van der Waals surface area contributed by atoms with Crippen LogP contribution in [0.1, 0.15) is 17.3 Å². The quantitative estimate of drug-likeness (QED) is 0.895. The molecule has 0 aliphatic heterocycles. The zero-order valence-electron chi connectivity index (χ0n) is 10.9. The van der Waals surface area contributed by atoms with Crippen LogP contribution in [0.4, 0.5) is 4.39 Å². The molecular weight excluding hydrogens is 245 g/mol. The molecule has 0 saturated carbocycles. The van der Waals surface area contributed by atoms with Crippen LogP contribution < -0.4 is 10.1 Å². The predicted octanol–water partition coefficient (Wildman–Crippen LogP) is 2.13. The van der Waals surface area contributed by atoms with Crippen molar-refractivity contribution in [1.29, 1.82) is 0 Å². The summed E-state index contributed by atoms with van der Waals surface area (Å²) in [5.74, 6) is 0.307. The SMILES string of the molecule is CNC(Cc1cc(OC)ncn1)c1ccc(F)cc1. The fraction of sp³-hybridized carbons (Fsp3) is 0.286. The molecule has 19 heavy (non-hydrogen) atoms. The summed E-state index contributed by atoms with van der Waals surface area (Å²) >= 11 is 0. The van der Waals surface area contributed by atoms with E-state index in [2.05, 4.69) is 15.3 Å². The molecule has 4 nitrogen and oxygen atoms in total. The van der Waals surface area contributed by atoms with E-state index in [9.17, 15) is 4.39 Å². The van der Waals surface area contributed by atoms with Gasteiger partial charge in [-0.05, 0) is 24.7 Å². The molecule has 0 fully saturated rings. The molecule has 0 amide bonds. The Morgan fingerprint density at radius 3 is 2.63 bits per heavy atom. The highest BCUT2D eigenvalue weighted by Gasteiger charge is 2.11. The molecule has 1 atom stereocenters. The van der Waals surface area contributed by atoms with Gasteiger partial charge in [0.05, 0.1) is 7.11 Å².